The molecule has 1 aliphatic carbocycles. The van der Waals surface area contributed by atoms with Gasteiger partial charge in [-0.05, 0) is 31.6 Å². The van der Waals surface area contributed by atoms with Gasteiger partial charge in [0.25, 0.3) is 0 Å². The van der Waals surface area contributed by atoms with Crippen LogP contribution in [0.2, 0.25) is 0 Å². The molecule has 0 bridgehead atoms. The molecule has 15 heavy (non-hydrogen) atoms. The number of hydrogen-bond donors (Lipinski definition) is 0. The summed E-state index contributed by atoms with van der Waals surface area (Å²) in [5.41, 5.74) is -0.193. The lowest BCUT2D eigenvalue weighted by Crippen LogP contribution is -2.39. The smallest absolute Gasteiger partial charge is 0.418 e. The molecule has 1 aliphatic rings. The lowest BCUT2D eigenvalue weighted by atomic mass is 9.79. The fourth-order valence-corrected chi connectivity index (χ4v) is 3.10. The van der Waals surface area contributed by atoms with Crippen LogP contribution in [0.25, 0.3) is 0 Å². The van der Waals surface area contributed by atoms with Crippen molar-refractivity contribution in [1.29, 1.82) is 0 Å². The average Bonchev–Trinajstić information content (AvgIpc) is 2.72. The van der Waals surface area contributed by atoms with Crippen LogP contribution in [-0.2, 0) is 9.53 Å². The topological polar surface area (TPSA) is 26.3 Å². The summed E-state index contributed by atoms with van der Waals surface area (Å²) in [4.78, 5) is 10.6. The standard InChI is InChI=1S/C13H23O2/c1-3-9-13(10-4-2,15-11-14)12-7-5-6-8-12/h12H,3-10H2,1-2H3. The second-order valence-electron chi connectivity index (χ2n) is 4.73. The molecule has 0 aromatic carbocycles. The van der Waals surface area contributed by atoms with Gasteiger partial charge < -0.3 is 4.74 Å². The summed E-state index contributed by atoms with van der Waals surface area (Å²) in [5, 5.41) is 0. The first-order valence-corrected chi connectivity index (χ1v) is 6.34. The van der Waals surface area contributed by atoms with Crippen molar-refractivity contribution < 1.29 is 9.53 Å². The lowest BCUT2D eigenvalue weighted by Gasteiger charge is -2.37. The third-order valence-corrected chi connectivity index (χ3v) is 3.69. The summed E-state index contributed by atoms with van der Waals surface area (Å²) in [5.74, 6) is 0.582. The van der Waals surface area contributed by atoms with Gasteiger partial charge >= 0.3 is 6.47 Å². The minimum Gasteiger partial charge on any atom is -0.450 e. The molecule has 2 heteroatoms. The Hall–Kier alpha value is -0.530. The Kier molecular flexibility index (Phi) is 5.13. The minimum absolute atomic E-state index is 0.193. The molecule has 0 atom stereocenters. The van der Waals surface area contributed by atoms with Crippen LogP contribution in [-0.4, -0.2) is 12.1 Å². The van der Waals surface area contributed by atoms with Crippen molar-refractivity contribution >= 4 is 6.47 Å². The molecule has 0 saturated heterocycles. The molecule has 0 N–H and O–H groups in total. The average molecular weight is 211 g/mol. The summed E-state index contributed by atoms with van der Waals surface area (Å²) >= 11 is 0. The molecule has 1 rings (SSSR count). The Bertz CT molecular complexity index is 177. The highest BCUT2D eigenvalue weighted by Gasteiger charge is 2.40. The van der Waals surface area contributed by atoms with Gasteiger partial charge in [-0.2, -0.15) is 0 Å². The Labute approximate surface area is 93.4 Å². The molecule has 0 aromatic rings. The normalized spacial score (nSPS) is 18.0. The largest absolute Gasteiger partial charge is 0.450 e. The SMILES string of the molecule is CCCC(CCC)(O[C]=O)C1CCCC1. The van der Waals surface area contributed by atoms with Crippen LogP contribution in [0.1, 0.15) is 65.2 Å². The van der Waals surface area contributed by atoms with Crippen molar-refractivity contribution in [1.82, 2.24) is 0 Å². The maximum Gasteiger partial charge on any atom is 0.418 e. The van der Waals surface area contributed by atoms with Crippen LogP contribution >= 0.6 is 0 Å². The van der Waals surface area contributed by atoms with E-state index in [1.807, 2.05) is 0 Å². The van der Waals surface area contributed by atoms with Gasteiger partial charge in [0.1, 0.15) is 5.60 Å². The van der Waals surface area contributed by atoms with Crippen molar-refractivity contribution in [3.8, 4) is 0 Å². The van der Waals surface area contributed by atoms with E-state index < -0.39 is 0 Å². The van der Waals surface area contributed by atoms with Crippen molar-refractivity contribution in [3.63, 3.8) is 0 Å². The van der Waals surface area contributed by atoms with Gasteiger partial charge in [-0.3, -0.25) is 0 Å². The molecular formula is C13H23O2. The van der Waals surface area contributed by atoms with Gasteiger partial charge in [-0.1, -0.05) is 39.5 Å². The van der Waals surface area contributed by atoms with Gasteiger partial charge in [0, 0.05) is 0 Å². The number of rotatable bonds is 7. The second-order valence-corrected chi connectivity index (χ2v) is 4.73. The van der Waals surface area contributed by atoms with Crippen LogP contribution in [0.15, 0.2) is 0 Å². The van der Waals surface area contributed by atoms with E-state index in [-0.39, 0.29) is 5.60 Å². The van der Waals surface area contributed by atoms with Crippen molar-refractivity contribution in [2.24, 2.45) is 5.92 Å². The predicted molar refractivity (Wildman–Crippen MR) is 61.3 cm³/mol. The summed E-state index contributed by atoms with van der Waals surface area (Å²) in [6.45, 7) is 6.03. The van der Waals surface area contributed by atoms with Crippen LogP contribution < -0.4 is 0 Å². The van der Waals surface area contributed by atoms with Crippen LogP contribution in [0, 0.1) is 5.92 Å². The highest BCUT2D eigenvalue weighted by atomic mass is 16.5. The quantitative estimate of drug-likeness (QED) is 0.643. The van der Waals surface area contributed by atoms with Crippen molar-refractivity contribution in [2.45, 2.75) is 70.8 Å². The van der Waals surface area contributed by atoms with E-state index in [0.29, 0.717) is 5.92 Å². The highest BCUT2D eigenvalue weighted by molar-refractivity contribution is 5.39. The number of hydrogen-bond acceptors (Lipinski definition) is 2. The Morgan fingerprint density at radius 2 is 1.73 bits per heavy atom. The monoisotopic (exact) mass is 211 g/mol. The molecule has 0 spiro atoms. The Balaban J connectivity index is 2.72. The van der Waals surface area contributed by atoms with E-state index in [2.05, 4.69) is 13.8 Å². The minimum atomic E-state index is -0.193. The zero-order chi connectivity index (χ0) is 11.1. The van der Waals surface area contributed by atoms with Gasteiger partial charge in [-0.15, -0.1) is 0 Å². The van der Waals surface area contributed by atoms with Gasteiger partial charge in [0.05, 0.1) is 0 Å². The number of carbonyl (C=O) groups excluding carboxylic acids is 1. The van der Waals surface area contributed by atoms with E-state index in [9.17, 15) is 4.79 Å². The third-order valence-electron chi connectivity index (χ3n) is 3.69. The van der Waals surface area contributed by atoms with Gasteiger partial charge in [0.15, 0.2) is 0 Å². The highest BCUT2D eigenvalue weighted by Crippen LogP contribution is 2.41. The first-order valence-electron chi connectivity index (χ1n) is 6.34. The molecule has 0 aromatic heterocycles. The van der Waals surface area contributed by atoms with E-state index >= 15 is 0 Å². The van der Waals surface area contributed by atoms with Crippen LogP contribution in [0.5, 0.6) is 0 Å². The van der Waals surface area contributed by atoms with Gasteiger partial charge in [0.2, 0.25) is 0 Å². The molecule has 0 aliphatic heterocycles. The van der Waals surface area contributed by atoms with E-state index in [0.717, 1.165) is 25.7 Å². The maximum absolute atomic E-state index is 10.6. The maximum atomic E-state index is 10.6. The zero-order valence-electron chi connectivity index (χ0n) is 10.1. The summed E-state index contributed by atoms with van der Waals surface area (Å²) in [6, 6.07) is 0. The zero-order valence-corrected chi connectivity index (χ0v) is 10.1. The van der Waals surface area contributed by atoms with Crippen molar-refractivity contribution in [3.05, 3.63) is 0 Å². The molecule has 0 heterocycles. The Morgan fingerprint density at radius 1 is 1.20 bits per heavy atom. The molecule has 0 amide bonds. The third kappa shape index (κ3) is 2.96. The molecule has 2 nitrogen and oxygen atoms in total. The summed E-state index contributed by atoms with van der Waals surface area (Å²) in [7, 11) is 0. The van der Waals surface area contributed by atoms with Crippen molar-refractivity contribution in [2.75, 3.05) is 0 Å². The predicted octanol–water partition coefficient (Wildman–Crippen LogP) is 3.60. The van der Waals surface area contributed by atoms with Crippen LogP contribution in [0.4, 0.5) is 0 Å². The number of ether oxygens (including phenoxy) is 1. The molecule has 0 unspecified atom stereocenters. The molecule has 87 valence electrons. The Morgan fingerprint density at radius 3 is 2.13 bits per heavy atom. The summed E-state index contributed by atoms with van der Waals surface area (Å²) < 4.78 is 5.39. The first kappa shape index (κ1) is 12.5. The molecular weight excluding hydrogens is 188 g/mol. The fourth-order valence-electron chi connectivity index (χ4n) is 3.10. The van der Waals surface area contributed by atoms with Gasteiger partial charge in [-0.25, -0.2) is 4.79 Å². The van der Waals surface area contributed by atoms with Crippen LogP contribution in [0.3, 0.4) is 0 Å². The van der Waals surface area contributed by atoms with E-state index in [1.165, 1.54) is 25.7 Å². The van der Waals surface area contributed by atoms with E-state index in [1.54, 1.807) is 6.47 Å². The summed E-state index contributed by atoms with van der Waals surface area (Å²) in [6.07, 6.45) is 9.20. The second kappa shape index (κ2) is 6.14. The molecule has 1 saturated carbocycles. The first-order chi connectivity index (χ1) is 7.29. The molecule has 1 radical (unpaired) electrons. The lowest BCUT2D eigenvalue weighted by molar-refractivity contribution is -0.0211. The van der Waals surface area contributed by atoms with E-state index in [4.69, 9.17) is 4.74 Å². The molecule has 1 fully saturated rings. The fraction of sp³-hybridized carbons (Fsp3) is 0.923.